The van der Waals surface area contributed by atoms with Crippen molar-refractivity contribution in [2.24, 2.45) is 0 Å². The van der Waals surface area contributed by atoms with Gasteiger partial charge in [-0.05, 0) is 12.8 Å². The van der Waals surface area contributed by atoms with Crippen molar-refractivity contribution in [1.82, 2.24) is 5.06 Å². The number of rotatable bonds is 5. The summed E-state index contributed by atoms with van der Waals surface area (Å²) < 4.78 is 5.54. The summed E-state index contributed by atoms with van der Waals surface area (Å²) >= 11 is 0. The molecule has 0 aliphatic carbocycles. The highest BCUT2D eigenvalue weighted by molar-refractivity contribution is 5.19. The number of nitrogens with zero attached hydrogens (tertiary/aromatic N) is 1. The van der Waals surface area contributed by atoms with Crippen LogP contribution in [0.25, 0.3) is 0 Å². The van der Waals surface area contributed by atoms with Gasteiger partial charge in [0, 0.05) is 18.5 Å². The van der Waals surface area contributed by atoms with E-state index in [0.717, 1.165) is 12.8 Å². The van der Waals surface area contributed by atoms with Crippen molar-refractivity contribution in [1.29, 1.82) is 0 Å². The number of aliphatic hydroxyl groups excluding tert-OH is 3. The smallest absolute Gasteiger partial charge is 0.171 e. The Labute approximate surface area is 112 Å². The topological polar surface area (TPSA) is 82.4 Å². The van der Waals surface area contributed by atoms with Gasteiger partial charge >= 0.3 is 0 Å². The quantitative estimate of drug-likeness (QED) is 0.455. The van der Waals surface area contributed by atoms with Crippen molar-refractivity contribution in [2.45, 2.75) is 43.8 Å². The van der Waals surface area contributed by atoms with Gasteiger partial charge in [-0.15, -0.1) is 17.4 Å². The van der Waals surface area contributed by atoms with Gasteiger partial charge in [-0.25, -0.2) is 0 Å². The molecule has 2 aliphatic rings. The first-order valence-electron chi connectivity index (χ1n) is 6.38. The average molecular weight is 269 g/mol. The molecule has 2 rings (SSSR count). The highest BCUT2D eigenvalue weighted by atomic mass is 16.7. The molecule has 106 valence electrons. The van der Waals surface area contributed by atoms with Gasteiger partial charge < -0.3 is 24.9 Å². The lowest BCUT2D eigenvalue weighted by Gasteiger charge is -2.37. The van der Waals surface area contributed by atoms with Gasteiger partial charge in [-0.2, -0.15) is 0 Å². The van der Waals surface area contributed by atoms with Crippen LogP contribution in [0.1, 0.15) is 19.3 Å². The predicted molar refractivity (Wildman–Crippen MR) is 66.3 cm³/mol. The minimum atomic E-state index is -1.14. The highest BCUT2D eigenvalue weighted by Gasteiger charge is 2.46. The molecule has 2 heterocycles. The molecule has 0 aromatic carbocycles. The Bertz CT molecular complexity index is 378. The van der Waals surface area contributed by atoms with E-state index in [1.165, 1.54) is 6.26 Å². The number of unbranched alkanes of at least 4 members (excludes halogenated alkanes) is 2. The fourth-order valence-electron chi connectivity index (χ4n) is 2.23. The average Bonchev–Trinajstić information content (AvgIpc) is 2.82. The zero-order valence-corrected chi connectivity index (χ0v) is 10.6. The summed E-state index contributed by atoms with van der Waals surface area (Å²) in [5.41, 5.74) is 0.481. The molecule has 0 spiro atoms. The SMILES string of the molecule is C#CCCCCN1OC=C2[C@@H](O)[C@H](O)C(CO)O[C@H]21. The van der Waals surface area contributed by atoms with E-state index in [1.807, 2.05) is 0 Å². The van der Waals surface area contributed by atoms with Crippen LogP contribution in [0.2, 0.25) is 0 Å². The highest BCUT2D eigenvalue weighted by Crippen LogP contribution is 2.32. The second-order valence-electron chi connectivity index (χ2n) is 4.67. The molecule has 6 nitrogen and oxygen atoms in total. The third-order valence-electron chi connectivity index (χ3n) is 3.35. The minimum absolute atomic E-state index is 0.354. The van der Waals surface area contributed by atoms with E-state index in [-0.39, 0.29) is 6.61 Å². The molecule has 1 saturated heterocycles. The van der Waals surface area contributed by atoms with Crippen LogP contribution in [0.15, 0.2) is 11.8 Å². The molecule has 3 N–H and O–H groups in total. The monoisotopic (exact) mass is 269 g/mol. The Kier molecular flexibility index (Phi) is 4.80. The molecular formula is C13H19NO5. The lowest BCUT2D eigenvalue weighted by atomic mass is 9.97. The summed E-state index contributed by atoms with van der Waals surface area (Å²) in [4.78, 5) is 5.33. The molecule has 0 aromatic heterocycles. The summed E-state index contributed by atoms with van der Waals surface area (Å²) in [7, 11) is 0. The predicted octanol–water partition coefficient (Wildman–Crippen LogP) is -0.640. The normalized spacial score (nSPS) is 34.3. The van der Waals surface area contributed by atoms with E-state index < -0.39 is 24.5 Å². The second-order valence-corrected chi connectivity index (χ2v) is 4.67. The number of terminal acetylenes is 1. The van der Waals surface area contributed by atoms with Crippen molar-refractivity contribution < 1.29 is 24.9 Å². The van der Waals surface area contributed by atoms with Crippen LogP contribution in [-0.2, 0) is 9.57 Å². The first kappa shape index (κ1) is 14.3. The lowest BCUT2D eigenvalue weighted by molar-refractivity contribution is -0.239. The summed E-state index contributed by atoms with van der Waals surface area (Å²) in [6.07, 6.45) is 5.42. The maximum absolute atomic E-state index is 9.93. The standard InChI is InChI=1S/C13H19NO5/c1-2-3-4-5-6-14-13-9(8-18-14)11(16)12(17)10(7-15)19-13/h1,8,10-13,15-17H,3-7H2/t10?,11-,12-,13-/m1/s1. The molecule has 0 bridgehead atoms. The van der Waals surface area contributed by atoms with Gasteiger partial charge in [0.15, 0.2) is 6.23 Å². The van der Waals surface area contributed by atoms with E-state index in [2.05, 4.69) is 5.92 Å². The van der Waals surface area contributed by atoms with Gasteiger partial charge in [0.1, 0.15) is 24.6 Å². The van der Waals surface area contributed by atoms with Gasteiger partial charge in [-0.1, -0.05) is 0 Å². The number of hydrogen-bond donors (Lipinski definition) is 3. The first-order chi connectivity index (χ1) is 9.19. The number of aliphatic hydroxyl groups is 3. The largest absolute Gasteiger partial charge is 0.411 e. The molecule has 0 amide bonds. The zero-order chi connectivity index (χ0) is 13.8. The number of fused-ring (bicyclic) bond motifs is 1. The fraction of sp³-hybridized carbons (Fsp3) is 0.692. The molecule has 19 heavy (non-hydrogen) atoms. The second kappa shape index (κ2) is 6.37. The summed E-state index contributed by atoms with van der Waals surface area (Å²) in [6.45, 7) is 0.250. The Hall–Kier alpha value is -1.10. The molecule has 0 saturated carbocycles. The van der Waals surface area contributed by atoms with Crippen molar-refractivity contribution in [3.8, 4) is 12.3 Å². The molecule has 0 radical (unpaired) electrons. The molecular weight excluding hydrogens is 250 g/mol. The number of hydroxylamine groups is 2. The molecule has 6 heteroatoms. The van der Waals surface area contributed by atoms with E-state index >= 15 is 0 Å². The van der Waals surface area contributed by atoms with Gasteiger partial charge in [-0.3, -0.25) is 0 Å². The summed E-state index contributed by atoms with van der Waals surface area (Å²) in [5.74, 6) is 2.57. The number of hydrogen-bond acceptors (Lipinski definition) is 6. The van der Waals surface area contributed by atoms with E-state index in [9.17, 15) is 10.2 Å². The van der Waals surface area contributed by atoms with Crippen LogP contribution in [0.3, 0.4) is 0 Å². The van der Waals surface area contributed by atoms with Crippen molar-refractivity contribution in [3.05, 3.63) is 11.8 Å². The van der Waals surface area contributed by atoms with Crippen molar-refractivity contribution in [2.75, 3.05) is 13.2 Å². The van der Waals surface area contributed by atoms with Crippen LogP contribution in [-0.4, -0.2) is 58.1 Å². The number of ether oxygens (including phenoxy) is 1. The molecule has 0 aromatic rings. The Morgan fingerprint density at radius 3 is 2.84 bits per heavy atom. The van der Waals surface area contributed by atoms with Crippen LogP contribution < -0.4 is 0 Å². The lowest BCUT2D eigenvalue weighted by Crippen LogP contribution is -2.54. The van der Waals surface area contributed by atoms with E-state index in [4.69, 9.17) is 21.1 Å². The van der Waals surface area contributed by atoms with Crippen molar-refractivity contribution in [3.63, 3.8) is 0 Å². The van der Waals surface area contributed by atoms with Crippen molar-refractivity contribution >= 4 is 0 Å². The Morgan fingerprint density at radius 1 is 1.37 bits per heavy atom. The summed E-state index contributed by atoms with van der Waals surface area (Å²) in [6, 6.07) is 0. The Morgan fingerprint density at radius 2 is 2.16 bits per heavy atom. The van der Waals surface area contributed by atoms with Crippen LogP contribution >= 0.6 is 0 Å². The van der Waals surface area contributed by atoms with Crippen LogP contribution in [0, 0.1) is 12.3 Å². The molecule has 1 fully saturated rings. The van der Waals surface area contributed by atoms with Gasteiger partial charge in [0.25, 0.3) is 0 Å². The molecule has 4 atom stereocenters. The van der Waals surface area contributed by atoms with Crippen LogP contribution in [0.5, 0.6) is 0 Å². The maximum atomic E-state index is 9.93. The third-order valence-corrected chi connectivity index (χ3v) is 3.35. The summed E-state index contributed by atoms with van der Waals surface area (Å²) in [5, 5.41) is 30.4. The van der Waals surface area contributed by atoms with Gasteiger partial charge in [0.2, 0.25) is 0 Å². The zero-order valence-electron chi connectivity index (χ0n) is 10.6. The van der Waals surface area contributed by atoms with Crippen LogP contribution in [0.4, 0.5) is 0 Å². The third kappa shape index (κ3) is 2.91. The van der Waals surface area contributed by atoms with E-state index in [0.29, 0.717) is 18.5 Å². The Balaban J connectivity index is 1.92. The van der Waals surface area contributed by atoms with Gasteiger partial charge in [0.05, 0.1) is 6.61 Å². The fourth-order valence-corrected chi connectivity index (χ4v) is 2.23. The molecule has 2 aliphatic heterocycles. The van der Waals surface area contributed by atoms with E-state index in [1.54, 1.807) is 5.06 Å². The minimum Gasteiger partial charge on any atom is -0.411 e. The maximum Gasteiger partial charge on any atom is 0.171 e. The first-order valence-corrected chi connectivity index (χ1v) is 6.38. The molecule has 1 unspecified atom stereocenters.